The second kappa shape index (κ2) is 4.05. The molecule has 0 saturated heterocycles. The highest BCUT2D eigenvalue weighted by atomic mass is 79.9. The molecule has 2 rings (SSSR count). The zero-order valence-electron chi connectivity index (χ0n) is 8.48. The molecule has 2 unspecified atom stereocenters. The van der Waals surface area contributed by atoms with Gasteiger partial charge in [-0.3, -0.25) is 14.5 Å². The minimum Gasteiger partial charge on any atom is -0.294 e. The van der Waals surface area contributed by atoms with Crippen LogP contribution in [0.15, 0.2) is 24.3 Å². The number of likely N-dealkylation sites (N-methyl/N-ethyl adjacent to an activating group) is 1. The van der Waals surface area contributed by atoms with Gasteiger partial charge in [-0.2, -0.15) is 0 Å². The van der Waals surface area contributed by atoms with E-state index in [0.29, 0.717) is 6.29 Å². The van der Waals surface area contributed by atoms with E-state index in [9.17, 15) is 9.59 Å². The fourth-order valence-electron chi connectivity index (χ4n) is 1.95. The van der Waals surface area contributed by atoms with Crippen LogP contribution in [-0.4, -0.2) is 24.0 Å². The number of benzene rings is 1. The maximum absolute atomic E-state index is 11.8. The molecule has 1 aromatic carbocycles. The lowest BCUT2D eigenvalue weighted by atomic mass is 10.0. The van der Waals surface area contributed by atoms with Gasteiger partial charge in [0.15, 0.2) is 10.7 Å². The first-order chi connectivity index (χ1) is 7.53. The summed E-state index contributed by atoms with van der Waals surface area (Å²) in [6.45, 7) is 0. The SMILES string of the molecule is CN1C(Br)c2ccccc2C1(Br)C(=O)C=O. The van der Waals surface area contributed by atoms with Crippen LogP contribution >= 0.6 is 31.9 Å². The maximum atomic E-state index is 11.8. The molecule has 2 atom stereocenters. The average Bonchev–Trinajstić information content (AvgIpc) is 2.52. The number of Topliss-reactive ketones (excluding diaryl/α,β-unsaturated/α-hetero) is 1. The molecule has 1 aliphatic rings. The molecule has 1 aliphatic heterocycles. The highest BCUT2D eigenvalue weighted by Gasteiger charge is 2.50. The van der Waals surface area contributed by atoms with Crippen LogP contribution in [0, 0.1) is 0 Å². The second-order valence-electron chi connectivity index (χ2n) is 3.64. The van der Waals surface area contributed by atoms with Gasteiger partial charge in [-0.25, -0.2) is 0 Å². The van der Waals surface area contributed by atoms with Gasteiger partial charge in [0.2, 0.25) is 5.78 Å². The molecule has 0 saturated carbocycles. The van der Waals surface area contributed by atoms with E-state index < -0.39 is 10.2 Å². The summed E-state index contributed by atoms with van der Waals surface area (Å²) in [5.41, 5.74) is 1.81. The molecule has 0 fully saturated rings. The van der Waals surface area contributed by atoms with Gasteiger partial charge in [-0.15, -0.1) is 0 Å². The topological polar surface area (TPSA) is 37.4 Å². The lowest BCUT2D eigenvalue weighted by Gasteiger charge is -2.29. The molecule has 1 heterocycles. The highest BCUT2D eigenvalue weighted by Crippen LogP contribution is 2.51. The number of hydrogen-bond acceptors (Lipinski definition) is 3. The molecular formula is C11H9Br2NO2. The van der Waals surface area contributed by atoms with E-state index in [1.165, 1.54) is 0 Å². The largest absolute Gasteiger partial charge is 0.294 e. The predicted molar refractivity (Wildman–Crippen MR) is 67.5 cm³/mol. The van der Waals surface area contributed by atoms with Gasteiger partial charge in [-0.05, 0) is 18.2 Å². The van der Waals surface area contributed by atoms with Crippen LogP contribution in [0.5, 0.6) is 0 Å². The maximum Gasteiger partial charge on any atom is 0.230 e. The van der Waals surface area contributed by atoms with Gasteiger partial charge < -0.3 is 0 Å². The molecule has 0 spiro atoms. The summed E-state index contributed by atoms with van der Waals surface area (Å²) in [5, 5.41) is 0. The number of ketones is 1. The number of alkyl halides is 2. The van der Waals surface area contributed by atoms with Crippen molar-refractivity contribution in [2.45, 2.75) is 9.40 Å². The van der Waals surface area contributed by atoms with Crippen molar-refractivity contribution in [3.8, 4) is 0 Å². The Kier molecular flexibility index (Phi) is 3.03. The normalized spacial score (nSPS) is 28.8. The van der Waals surface area contributed by atoms with Crippen LogP contribution in [0.3, 0.4) is 0 Å². The zero-order chi connectivity index (χ0) is 11.9. The van der Waals surface area contributed by atoms with Gasteiger partial charge in [0.1, 0.15) is 0 Å². The quantitative estimate of drug-likeness (QED) is 0.357. The Morgan fingerprint density at radius 2 is 2.12 bits per heavy atom. The molecule has 1 aromatic rings. The van der Waals surface area contributed by atoms with E-state index >= 15 is 0 Å². The smallest absolute Gasteiger partial charge is 0.230 e. The van der Waals surface area contributed by atoms with E-state index in [4.69, 9.17) is 0 Å². The van der Waals surface area contributed by atoms with E-state index in [0.717, 1.165) is 11.1 Å². The third-order valence-electron chi connectivity index (χ3n) is 2.83. The van der Waals surface area contributed by atoms with Crippen molar-refractivity contribution in [3.05, 3.63) is 35.4 Å². The number of nitrogens with zero attached hydrogens (tertiary/aromatic N) is 1. The van der Waals surface area contributed by atoms with Crippen molar-refractivity contribution in [1.82, 2.24) is 4.90 Å². The summed E-state index contributed by atoms with van der Waals surface area (Å²) in [7, 11) is 1.79. The molecule has 0 radical (unpaired) electrons. The van der Waals surface area contributed by atoms with Crippen LogP contribution in [0.4, 0.5) is 0 Å². The van der Waals surface area contributed by atoms with Crippen molar-refractivity contribution in [3.63, 3.8) is 0 Å². The average molecular weight is 347 g/mol. The van der Waals surface area contributed by atoms with Crippen molar-refractivity contribution in [2.75, 3.05) is 7.05 Å². The highest BCUT2D eigenvalue weighted by molar-refractivity contribution is 9.10. The third kappa shape index (κ3) is 1.42. The molecule has 3 nitrogen and oxygen atoms in total. The number of aldehydes is 1. The molecule has 84 valence electrons. The molecular weight excluding hydrogens is 338 g/mol. The van der Waals surface area contributed by atoms with Gasteiger partial charge in [0, 0.05) is 0 Å². The molecule has 5 heteroatoms. The van der Waals surface area contributed by atoms with E-state index in [2.05, 4.69) is 31.9 Å². The fraction of sp³-hybridized carbons (Fsp3) is 0.273. The van der Waals surface area contributed by atoms with Crippen LogP contribution in [0.1, 0.15) is 16.1 Å². The Bertz CT molecular complexity index is 463. The van der Waals surface area contributed by atoms with Gasteiger partial charge in [-0.1, -0.05) is 56.1 Å². The molecule has 0 amide bonds. The van der Waals surface area contributed by atoms with E-state index in [1.54, 1.807) is 11.9 Å². The van der Waals surface area contributed by atoms with Gasteiger partial charge in [0.05, 0.1) is 4.95 Å². The minimum atomic E-state index is -1.04. The number of fused-ring (bicyclic) bond motifs is 1. The Morgan fingerprint density at radius 1 is 1.50 bits per heavy atom. The monoisotopic (exact) mass is 345 g/mol. The summed E-state index contributed by atoms with van der Waals surface area (Å²) in [6, 6.07) is 7.55. The number of hydrogen-bond donors (Lipinski definition) is 0. The number of halogens is 2. The van der Waals surface area contributed by atoms with Crippen molar-refractivity contribution in [1.29, 1.82) is 0 Å². The molecule has 0 aliphatic carbocycles. The van der Waals surface area contributed by atoms with Crippen LogP contribution in [0.2, 0.25) is 0 Å². The van der Waals surface area contributed by atoms with Gasteiger partial charge >= 0.3 is 0 Å². The summed E-state index contributed by atoms with van der Waals surface area (Å²) in [6.07, 6.45) is 0.354. The summed E-state index contributed by atoms with van der Waals surface area (Å²) >= 11 is 6.89. The molecule has 0 N–H and O–H groups in total. The summed E-state index contributed by atoms with van der Waals surface area (Å²) in [5.74, 6) is -0.496. The molecule has 0 aromatic heterocycles. The van der Waals surface area contributed by atoms with E-state index in [1.807, 2.05) is 24.3 Å². The Morgan fingerprint density at radius 3 is 2.75 bits per heavy atom. The lowest BCUT2D eigenvalue weighted by Crippen LogP contribution is -2.41. The van der Waals surface area contributed by atoms with Crippen molar-refractivity contribution in [2.24, 2.45) is 0 Å². The Hall–Kier alpha value is -0.520. The lowest BCUT2D eigenvalue weighted by molar-refractivity contribution is -0.134. The van der Waals surface area contributed by atoms with Crippen molar-refractivity contribution >= 4 is 43.9 Å². The number of carbonyl (C=O) groups is 2. The molecule has 0 bridgehead atoms. The van der Waals surface area contributed by atoms with Crippen LogP contribution < -0.4 is 0 Å². The van der Waals surface area contributed by atoms with E-state index in [-0.39, 0.29) is 4.95 Å². The Balaban J connectivity index is 2.65. The first kappa shape index (κ1) is 12.0. The number of rotatable bonds is 2. The first-order valence-electron chi connectivity index (χ1n) is 4.68. The first-order valence-corrected chi connectivity index (χ1v) is 6.39. The fourth-order valence-corrected chi connectivity index (χ4v) is 3.59. The Labute approximate surface area is 110 Å². The predicted octanol–water partition coefficient (Wildman–Crippen LogP) is 2.34. The second-order valence-corrected chi connectivity index (χ2v) is 5.65. The van der Waals surface area contributed by atoms with Gasteiger partial charge in [0.25, 0.3) is 0 Å². The third-order valence-corrected chi connectivity index (χ3v) is 5.32. The number of carbonyl (C=O) groups excluding carboxylic acids is 2. The summed E-state index contributed by atoms with van der Waals surface area (Å²) in [4.78, 5) is 24.2. The van der Waals surface area contributed by atoms with Crippen LogP contribution in [0.25, 0.3) is 0 Å². The zero-order valence-corrected chi connectivity index (χ0v) is 11.7. The van der Waals surface area contributed by atoms with Crippen LogP contribution in [-0.2, 0) is 14.0 Å². The minimum absolute atomic E-state index is 0.0769. The summed E-state index contributed by atoms with van der Waals surface area (Å²) < 4.78 is -1.04. The standard InChI is InChI=1S/C11H9Br2NO2/c1-14-10(12)7-4-2-3-5-8(7)11(14,13)9(16)6-15/h2-6,10H,1H3. The molecule has 16 heavy (non-hydrogen) atoms. The van der Waals surface area contributed by atoms with Crippen molar-refractivity contribution < 1.29 is 9.59 Å².